The summed E-state index contributed by atoms with van der Waals surface area (Å²) in [6.45, 7) is -0.0149. The second kappa shape index (κ2) is 11.4. The molecule has 0 spiro atoms. The Morgan fingerprint density at radius 3 is 2.62 bits per heavy atom. The van der Waals surface area contributed by atoms with E-state index in [4.69, 9.17) is 20.9 Å². The summed E-state index contributed by atoms with van der Waals surface area (Å²) in [5, 5.41) is 2.60. The first-order valence-electron chi connectivity index (χ1n) is 13.2. The number of allylic oxidation sites excluding steroid dienone is 1. The molecule has 4 unspecified atom stereocenters. The third kappa shape index (κ3) is 5.44. The molecule has 0 bridgehead atoms. The molecule has 1 saturated carbocycles. The number of hydrogen-bond donors (Lipinski definition) is 4. The molecule has 1 aromatic rings. The highest BCUT2D eigenvalue weighted by molar-refractivity contribution is 7.94. The number of rotatable bonds is 6. The van der Waals surface area contributed by atoms with Crippen LogP contribution in [0, 0.1) is 5.92 Å². The fourth-order valence-corrected chi connectivity index (χ4v) is 7.26. The third-order valence-electron chi connectivity index (χ3n) is 7.76. The van der Waals surface area contributed by atoms with Gasteiger partial charge < -0.3 is 31.2 Å². The van der Waals surface area contributed by atoms with Crippen LogP contribution in [0.25, 0.3) is 0 Å². The Morgan fingerprint density at radius 1 is 1.15 bits per heavy atom. The zero-order valence-electron chi connectivity index (χ0n) is 22.3. The van der Waals surface area contributed by atoms with E-state index in [1.807, 2.05) is 6.08 Å². The van der Waals surface area contributed by atoms with Gasteiger partial charge >= 0.3 is 6.09 Å². The lowest BCUT2D eigenvalue weighted by Gasteiger charge is -2.37. The van der Waals surface area contributed by atoms with E-state index in [9.17, 15) is 27.6 Å². The summed E-state index contributed by atoms with van der Waals surface area (Å²) in [5.41, 5.74) is 9.00. The highest BCUT2D eigenvalue weighted by Gasteiger charge is 2.67. The largest absolute Gasteiger partial charge is 0.497 e. The summed E-state index contributed by atoms with van der Waals surface area (Å²) < 4.78 is 40.4. The van der Waals surface area contributed by atoms with Crippen molar-refractivity contribution < 1.29 is 37.1 Å². The maximum atomic E-state index is 13.9. The zero-order chi connectivity index (χ0) is 29.1. The molecule has 2 heterocycles. The van der Waals surface area contributed by atoms with Crippen molar-refractivity contribution in [2.24, 2.45) is 17.4 Å². The smallest absolute Gasteiger partial charge is 0.405 e. The van der Waals surface area contributed by atoms with Gasteiger partial charge in [-0.2, -0.15) is 0 Å². The van der Waals surface area contributed by atoms with Gasteiger partial charge in [0.15, 0.2) is 11.0 Å². The van der Waals surface area contributed by atoms with Crippen molar-refractivity contribution in [1.82, 2.24) is 10.2 Å². The Balaban J connectivity index is 1.73. The van der Waals surface area contributed by atoms with Crippen LogP contribution in [0.1, 0.15) is 51.4 Å². The minimum atomic E-state index is -4.28. The molecule has 2 aliphatic heterocycles. The van der Waals surface area contributed by atoms with Crippen molar-refractivity contribution in [2.45, 2.75) is 67.9 Å². The SMILES string of the molecule is COc1cccc(NS(=O)(=O)C23CC2C=CCCCCCC(OC(N)=O)C(=O)N2CCCC2(C(N)=O)C(=O)N3)c1. The number of nitrogens with zero attached hydrogens (tertiary/aromatic N) is 1. The standard InChI is InChI=1S/C26H35N5O8S/c1-38-19-11-7-10-18(15-19)30-40(36,37)26-16-17(26)9-5-3-2-4-6-12-20(39-24(28)35)21(32)31-14-8-13-25(31,22(27)33)23(34)29-26/h5,7,9-11,15,17,20,30H,2-4,6,8,12-14,16H2,1H3,(H2,27,33)(H2,28,35)(H,29,34). The van der Waals surface area contributed by atoms with Crippen LogP contribution in [-0.2, 0) is 29.1 Å². The van der Waals surface area contributed by atoms with Crippen molar-refractivity contribution in [3.8, 4) is 5.75 Å². The Bertz CT molecular complexity index is 1320. The minimum Gasteiger partial charge on any atom is -0.497 e. The predicted octanol–water partition coefficient (Wildman–Crippen LogP) is 1.10. The monoisotopic (exact) mass is 577 g/mol. The molecule has 1 aliphatic carbocycles. The Morgan fingerprint density at radius 2 is 1.93 bits per heavy atom. The highest BCUT2D eigenvalue weighted by Crippen LogP contribution is 2.50. The van der Waals surface area contributed by atoms with Crippen LogP contribution in [0.5, 0.6) is 5.75 Å². The summed E-state index contributed by atoms with van der Waals surface area (Å²) in [7, 11) is -2.83. The van der Waals surface area contributed by atoms with E-state index in [0.29, 0.717) is 25.0 Å². The first kappa shape index (κ1) is 29.2. The summed E-state index contributed by atoms with van der Waals surface area (Å²) in [6.07, 6.45) is 4.03. The summed E-state index contributed by atoms with van der Waals surface area (Å²) in [5.74, 6) is -3.07. The molecule has 14 heteroatoms. The zero-order valence-corrected chi connectivity index (χ0v) is 23.1. The number of carbonyl (C=O) groups excluding carboxylic acids is 4. The van der Waals surface area contributed by atoms with Crippen LogP contribution in [-0.4, -0.2) is 67.3 Å². The first-order chi connectivity index (χ1) is 19.0. The van der Waals surface area contributed by atoms with Gasteiger partial charge in [0.05, 0.1) is 12.8 Å². The topological polar surface area (TPSA) is 200 Å². The summed E-state index contributed by atoms with van der Waals surface area (Å²) in [4.78, 5) is 51.2. The molecule has 3 aliphatic rings. The van der Waals surface area contributed by atoms with Crippen molar-refractivity contribution >= 4 is 39.5 Å². The number of fused-ring (bicyclic) bond motifs is 2. The predicted molar refractivity (Wildman–Crippen MR) is 144 cm³/mol. The molecule has 40 heavy (non-hydrogen) atoms. The lowest BCUT2D eigenvalue weighted by atomic mass is 9.92. The van der Waals surface area contributed by atoms with Crippen molar-refractivity contribution in [3.63, 3.8) is 0 Å². The van der Waals surface area contributed by atoms with Crippen LogP contribution >= 0.6 is 0 Å². The molecule has 0 aromatic heterocycles. The second-order valence-electron chi connectivity index (χ2n) is 10.3. The van der Waals surface area contributed by atoms with E-state index < -0.39 is 56.3 Å². The van der Waals surface area contributed by atoms with Crippen LogP contribution in [0.2, 0.25) is 0 Å². The van der Waals surface area contributed by atoms with Crippen molar-refractivity contribution in [1.29, 1.82) is 0 Å². The molecule has 1 saturated heterocycles. The molecule has 13 nitrogen and oxygen atoms in total. The normalized spacial score (nSPS) is 29.2. The Labute approximate surface area is 232 Å². The van der Waals surface area contributed by atoms with Gasteiger partial charge in [0.1, 0.15) is 5.75 Å². The van der Waals surface area contributed by atoms with E-state index in [1.54, 1.807) is 24.3 Å². The average Bonchev–Trinajstić information content (AvgIpc) is 3.41. The molecule has 6 N–H and O–H groups in total. The summed E-state index contributed by atoms with van der Waals surface area (Å²) >= 11 is 0. The fourth-order valence-electron chi connectivity index (χ4n) is 5.54. The molecular formula is C26H35N5O8S. The number of nitrogens with two attached hydrogens (primary N) is 2. The number of primary amides is 2. The van der Waals surface area contributed by atoms with Gasteiger partial charge in [0.25, 0.3) is 27.7 Å². The van der Waals surface area contributed by atoms with E-state index in [0.717, 1.165) is 11.3 Å². The average molecular weight is 578 g/mol. The maximum Gasteiger partial charge on any atom is 0.405 e. The molecule has 2 fully saturated rings. The van der Waals surface area contributed by atoms with E-state index >= 15 is 0 Å². The first-order valence-corrected chi connectivity index (χ1v) is 14.7. The van der Waals surface area contributed by atoms with E-state index in [2.05, 4.69) is 10.0 Å². The van der Waals surface area contributed by atoms with Crippen LogP contribution in [0.4, 0.5) is 10.5 Å². The number of hydrogen-bond acceptors (Lipinski definition) is 8. The van der Waals surface area contributed by atoms with Gasteiger partial charge in [0.2, 0.25) is 5.54 Å². The van der Waals surface area contributed by atoms with Gasteiger partial charge in [-0.05, 0) is 57.1 Å². The van der Waals surface area contributed by atoms with Crippen molar-refractivity contribution in [3.05, 3.63) is 36.4 Å². The molecule has 218 valence electrons. The number of sulfonamides is 1. The lowest BCUT2D eigenvalue weighted by molar-refractivity contribution is -0.157. The summed E-state index contributed by atoms with van der Waals surface area (Å²) in [6, 6.07) is 6.31. The van der Waals surface area contributed by atoms with Crippen LogP contribution in [0.3, 0.4) is 0 Å². The van der Waals surface area contributed by atoms with Gasteiger partial charge in [0, 0.05) is 18.5 Å². The number of amides is 4. The molecule has 4 amide bonds. The number of methoxy groups -OCH3 is 1. The molecule has 4 rings (SSSR count). The quantitative estimate of drug-likeness (QED) is 0.284. The molecule has 0 radical (unpaired) electrons. The van der Waals surface area contributed by atoms with Crippen LogP contribution in [0.15, 0.2) is 36.4 Å². The fraction of sp³-hybridized carbons (Fsp3) is 0.538. The Hall–Kier alpha value is -3.81. The highest BCUT2D eigenvalue weighted by atomic mass is 32.2. The molecule has 4 atom stereocenters. The lowest BCUT2D eigenvalue weighted by Crippen LogP contribution is -2.68. The Kier molecular flexibility index (Phi) is 8.28. The van der Waals surface area contributed by atoms with Crippen molar-refractivity contribution in [2.75, 3.05) is 18.4 Å². The van der Waals surface area contributed by atoms with Gasteiger partial charge in [-0.25, -0.2) is 13.2 Å². The second-order valence-corrected chi connectivity index (χ2v) is 12.2. The van der Waals surface area contributed by atoms with Gasteiger partial charge in [-0.3, -0.25) is 19.1 Å². The van der Waals surface area contributed by atoms with E-state index in [-0.39, 0.29) is 37.9 Å². The minimum absolute atomic E-state index is 0.0149. The number of nitrogens with one attached hydrogen (secondary N) is 2. The number of anilines is 1. The maximum absolute atomic E-state index is 13.9. The van der Waals surface area contributed by atoms with E-state index in [1.165, 1.54) is 13.2 Å². The molecular weight excluding hydrogens is 542 g/mol. The number of carbonyl (C=O) groups is 4. The van der Waals surface area contributed by atoms with Gasteiger partial charge in [-0.15, -0.1) is 0 Å². The number of benzene rings is 1. The molecule has 1 aromatic carbocycles. The third-order valence-corrected chi connectivity index (χ3v) is 9.79. The van der Waals surface area contributed by atoms with Gasteiger partial charge in [-0.1, -0.05) is 24.6 Å². The number of ether oxygens (including phenoxy) is 2. The van der Waals surface area contributed by atoms with Crippen LogP contribution < -0.4 is 26.2 Å².